The van der Waals surface area contributed by atoms with E-state index >= 15 is 0 Å². The van der Waals surface area contributed by atoms with Crippen LogP contribution in [0.5, 0.6) is 5.75 Å². The van der Waals surface area contributed by atoms with Crippen molar-refractivity contribution in [2.24, 2.45) is 5.10 Å². The van der Waals surface area contributed by atoms with Crippen LogP contribution < -0.4 is 10.2 Å². The Bertz CT molecular complexity index is 1050. The summed E-state index contributed by atoms with van der Waals surface area (Å²) >= 11 is 3.33. The molecule has 5 nitrogen and oxygen atoms in total. The van der Waals surface area contributed by atoms with Gasteiger partial charge in [-0.2, -0.15) is 5.10 Å². The normalized spacial score (nSPS) is 10.9. The number of rotatable bonds is 6. The van der Waals surface area contributed by atoms with E-state index in [1.807, 2.05) is 36.4 Å². The second-order valence-electron chi connectivity index (χ2n) is 5.91. The fourth-order valence-electron chi connectivity index (χ4n) is 2.37. The van der Waals surface area contributed by atoms with Crippen molar-refractivity contribution in [2.75, 3.05) is 0 Å². The first-order valence-corrected chi connectivity index (χ1v) is 9.54. The summed E-state index contributed by atoms with van der Waals surface area (Å²) in [6, 6.07) is 23.4. The first-order chi connectivity index (χ1) is 14.1. The molecule has 3 rings (SSSR count). The number of hydrogen-bond donors (Lipinski definition) is 1. The molecule has 1 amide bonds. The summed E-state index contributed by atoms with van der Waals surface area (Å²) < 4.78 is 5.95. The smallest absolute Gasteiger partial charge is 0.336 e. The Morgan fingerprint density at radius 2 is 1.55 bits per heavy atom. The molecule has 0 saturated carbocycles. The van der Waals surface area contributed by atoms with Gasteiger partial charge in [-0.15, -0.1) is 0 Å². The van der Waals surface area contributed by atoms with Crippen molar-refractivity contribution in [1.29, 1.82) is 0 Å². The molecule has 0 spiro atoms. The van der Waals surface area contributed by atoms with E-state index in [-0.39, 0.29) is 5.91 Å². The molecule has 0 fully saturated rings. The van der Waals surface area contributed by atoms with Crippen LogP contribution in [-0.2, 0) is 4.79 Å². The monoisotopic (exact) mass is 448 g/mol. The fraction of sp³-hybridized carbons (Fsp3) is 0. The number of hydrazone groups is 1. The van der Waals surface area contributed by atoms with Crippen molar-refractivity contribution in [2.45, 2.75) is 0 Å². The lowest BCUT2D eigenvalue weighted by atomic mass is 10.2. The number of benzene rings is 3. The molecule has 1 N–H and O–H groups in total. The van der Waals surface area contributed by atoms with E-state index in [0.29, 0.717) is 15.8 Å². The van der Waals surface area contributed by atoms with E-state index in [1.165, 1.54) is 12.3 Å². The van der Waals surface area contributed by atoms with Crippen LogP contribution >= 0.6 is 15.9 Å². The van der Waals surface area contributed by atoms with Crippen molar-refractivity contribution in [3.8, 4) is 5.75 Å². The molecule has 0 saturated heterocycles. The molecule has 3 aromatic carbocycles. The van der Waals surface area contributed by atoms with Crippen LogP contribution in [0.25, 0.3) is 6.08 Å². The third kappa shape index (κ3) is 6.26. The Labute approximate surface area is 176 Å². The molecule has 0 radical (unpaired) electrons. The number of carbonyl (C=O) groups is 2. The van der Waals surface area contributed by atoms with Crippen LogP contribution in [0.4, 0.5) is 0 Å². The van der Waals surface area contributed by atoms with Crippen molar-refractivity contribution in [1.82, 2.24) is 5.43 Å². The summed E-state index contributed by atoms with van der Waals surface area (Å²) in [6.45, 7) is 0. The Morgan fingerprint density at radius 3 is 2.28 bits per heavy atom. The number of amides is 1. The molecule has 0 atom stereocenters. The summed E-state index contributed by atoms with van der Waals surface area (Å²) in [5, 5.41) is 3.95. The van der Waals surface area contributed by atoms with Gasteiger partial charge in [0.25, 0.3) is 5.91 Å². The number of esters is 1. The molecule has 0 aliphatic rings. The van der Waals surface area contributed by atoms with Crippen molar-refractivity contribution < 1.29 is 14.3 Å². The summed E-state index contributed by atoms with van der Waals surface area (Å²) in [6.07, 6.45) is 4.58. The molecule has 29 heavy (non-hydrogen) atoms. The number of carbonyl (C=O) groups excluding carboxylic acids is 2. The summed E-state index contributed by atoms with van der Waals surface area (Å²) in [7, 11) is 0. The van der Waals surface area contributed by atoms with Gasteiger partial charge in [-0.1, -0.05) is 42.5 Å². The van der Waals surface area contributed by atoms with Crippen LogP contribution in [-0.4, -0.2) is 18.1 Å². The lowest BCUT2D eigenvalue weighted by Gasteiger charge is -2.03. The van der Waals surface area contributed by atoms with Gasteiger partial charge in [-0.05, 0) is 69.5 Å². The fourth-order valence-corrected chi connectivity index (χ4v) is 2.84. The summed E-state index contributed by atoms with van der Waals surface area (Å²) in [4.78, 5) is 24.0. The van der Waals surface area contributed by atoms with E-state index < -0.39 is 5.97 Å². The van der Waals surface area contributed by atoms with E-state index in [0.717, 1.165) is 11.1 Å². The van der Waals surface area contributed by atoms with Gasteiger partial charge in [-0.3, -0.25) is 4.79 Å². The van der Waals surface area contributed by atoms with E-state index in [1.54, 1.807) is 48.5 Å². The lowest BCUT2D eigenvalue weighted by molar-refractivity contribution is -0.128. The van der Waals surface area contributed by atoms with Crippen LogP contribution in [0.15, 0.2) is 94.5 Å². The Hall–Kier alpha value is -3.51. The molecule has 144 valence electrons. The maximum Gasteiger partial charge on any atom is 0.336 e. The highest BCUT2D eigenvalue weighted by atomic mass is 79.9. The Balaban J connectivity index is 1.52. The third-order valence-corrected chi connectivity index (χ3v) is 4.50. The van der Waals surface area contributed by atoms with Gasteiger partial charge in [0.15, 0.2) is 0 Å². The average molecular weight is 449 g/mol. The molecule has 0 aromatic heterocycles. The van der Waals surface area contributed by atoms with E-state index in [9.17, 15) is 9.59 Å². The molecule has 0 bridgehead atoms. The van der Waals surface area contributed by atoms with Crippen molar-refractivity contribution in [3.63, 3.8) is 0 Å². The highest BCUT2D eigenvalue weighted by molar-refractivity contribution is 9.10. The number of hydrogen-bond acceptors (Lipinski definition) is 4. The number of nitrogens with one attached hydrogen (secondary N) is 1. The molecule has 0 aliphatic heterocycles. The zero-order chi connectivity index (χ0) is 20.5. The number of halogens is 1. The minimum Gasteiger partial charge on any atom is -0.423 e. The lowest BCUT2D eigenvalue weighted by Crippen LogP contribution is -2.18. The third-order valence-electron chi connectivity index (χ3n) is 3.81. The van der Waals surface area contributed by atoms with Gasteiger partial charge in [0.2, 0.25) is 0 Å². The largest absolute Gasteiger partial charge is 0.423 e. The van der Waals surface area contributed by atoms with Gasteiger partial charge in [0.1, 0.15) is 5.75 Å². The maximum absolute atomic E-state index is 12.1. The quantitative estimate of drug-likeness (QED) is 0.193. The van der Waals surface area contributed by atoms with Gasteiger partial charge in [0.05, 0.1) is 11.8 Å². The number of nitrogens with zero attached hydrogens (tertiary/aromatic N) is 1. The molecular formula is C23H17BrN2O3. The molecule has 0 aliphatic carbocycles. The van der Waals surface area contributed by atoms with Crippen LogP contribution in [0.3, 0.4) is 0 Å². The van der Waals surface area contributed by atoms with Gasteiger partial charge in [-0.25, -0.2) is 10.2 Å². The Morgan fingerprint density at radius 1 is 0.862 bits per heavy atom. The molecule has 0 heterocycles. The van der Waals surface area contributed by atoms with Gasteiger partial charge < -0.3 is 4.74 Å². The Kier molecular flexibility index (Phi) is 7.08. The van der Waals surface area contributed by atoms with Crippen LogP contribution in [0.2, 0.25) is 0 Å². The predicted octanol–water partition coefficient (Wildman–Crippen LogP) is 4.83. The van der Waals surface area contributed by atoms with Crippen LogP contribution in [0, 0.1) is 0 Å². The summed E-state index contributed by atoms with van der Waals surface area (Å²) in [5.74, 6) is -0.359. The van der Waals surface area contributed by atoms with Crippen molar-refractivity contribution in [3.05, 3.63) is 106 Å². The molecule has 6 heteroatoms. The molecule has 3 aromatic rings. The second kappa shape index (κ2) is 10.1. The highest BCUT2D eigenvalue weighted by Gasteiger charge is 2.07. The zero-order valence-electron chi connectivity index (χ0n) is 15.3. The standard InChI is InChI=1S/C23H17BrN2O3/c24-21-9-5-4-8-20(21)23(28)26-25-16-18-10-13-19(14-11-18)29-22(27)15-12-17-6-2-1-3-7-17/h1-16H,(H,26,28). The maximum atomic E-state index is 12.1. The summed E-state index contributed by atoms with van der Waals surface area (Å²) in [5.41, 5.74) is 4.63. The molecule has 0 unspecified atom stereocenters. The first-order valence-electron chi connectivity index (χ1n) is 8.75. The van der Waals surface area contributed by atoms with Gasteiger partial charge in [0, 0.05) is 10.5 Å². The van der Waals surface area contributed by atoms with Gasteiger partial charge >= 0.3 is 5.97 Å². The van der Waals surface area contributed by atoms with E-state index in [2.05, 4.69) is 26.5 Å². The molecular weight excluding hydrogens is 432 g/mol. The SMILES string of the molecule is O=C(C=Cc1ccccc1)Oc1ccc(C=NNC(=O)c2ccccc2Br)cc1. The minimum atomic E-state index is -0.462. The van der Waals surface area contributed by atoms with Crippen molar-refractivity contribution >= 4 is 40.1 Å². The minimum absolute atomic E-state index is 0.315. The van der Waals surface area contributed by atoms with E-state index in [4.69, 9.17) is 4.74 Å². The average Bonchev–Trinajstić information content (AvgIpc) is 2.74. The second-order valence-corrected chi connectivity index (χ2v) is 6.77. The topological polar surface area (TPSA) is 67.8 Å². The predicted molar refractivity (Wildman–Crippen MR) is 117 cm³/mol. The number of ether oxygens (including phenoxy) is 1. The first kappa shape index (κ1) is 20.2. The zero-order valence-corrected chi connectivity index (χ0v) is 16.9. The highest BCUT2D eigenvalue weighted by Crippen LogP contribution is 2.15. The van der Waals surface area contributed by atoms with Crippen LogP contribution in [0.1, 0.15) is 21.5 Å².